The van der Waals surface area contributed by atoms with Gasteiger partial charge in [0.15, 0.2) is 5.78 Å². The summed E-state index contributed by atoms with van der Waals surface area (Å²) in [6.45, 7) is 0.420. The molecular formula is C24H25N3O3. The Morgan fingerprint density at radius 3 is 2.23 bits per heavy atom. The van der Waals surface area contributed by atoms with E-state index in [0.717, 1.165) is 5.56 Å². The van der Waals surface area contributed by atoms with Crippen LogP contribution in [-0.4, -0.2) is 40.9 Å². The molecule has 1 aromatic heterocycles. The third-order valence-corrected chi connectivity index (χ3v) is 4.78. The van der Waals surface area contributed by atoms with Crippen molar-refractivity contribution >= 4 is 11.7 Å². The quantitative estimate of drug-likeness (QED) is 0.453. The molecule has 0 aliphatic carbocycles. The maximum Gasteiger partial charge on any atom is 0.269 e. The number of nitrogens with one attached hydrogen (secondary N) is 2. The zero-order valence-electron chi connectivity index (χ0n) is 16.6. The van der Waals surface area contributed by atoms with Gasteiger partial charge in [0.2, 0.25) is 0 Å². The smallest absolute Gasteiger partial charge is 0.269 e. The molecule has 1 amide bonds. The van der Waals surface area contributed by atoms with Gasteiger partial charge in [-0.15, -0.1) is 0 Å². The Morgan fingerprint density at radius 1 is 0.900 bits per heavy atom. The van der Waals surface area contributed by atoms with Crippen LogP contribution in [0.25, 0.3) is 0 Å². The highest BCUT2D eigenvalue weighted by Gasteiger charge is 2.22. The third-order valence-electron chi connectivity index (χ3n) is 4.78. The summed E-state index contributed by atoms with van der Waals surface area (Å²) in [4.78, 5) is 28.7. The topological polar surface area (TPSA) is 91.3 Å². The molecule has 2 aromatic carbocycles. The van der Waals surface area contributed by atoms with Crippen molar-refractivity contribution in [3.8, 4) is 0 Å². The molecule has 0 saturated carbocycles. The molecule has 0 bridgehead atoms. The Bertz CT molecular complexity index is 934. The van der Waals surface area contributed by atoms with Gasteiger partial charge < -0.3 is 15.7 Å². The number of aromatic nitrogens is 1. The number of hydrogen-bond donors (Lipinski definition) is 3. The minimum atomic E-state index is -0.818. The Labute approximate surface area is 176 Å². The van der Waals surface area contributed by atoms with Crippen molar-refractivity contribution in [2.75, 3.05) is 13.1 Å². The van der Waals surface area contributed by atoms with Gasteiger partial charge >= 0.3 is 0 Å². The maximum absolute atomic E-state index is 12.5. The second-order valence-electron chi connectivity index (χ2n) is 6.89. The molecule has 3 aromatic rings. The zero-order chi connectivity index (χ0) is 21.2. The molecule has 0 aliphatic heterocycles. The van der Waals surface area contributed by atoms with Crippen LogP contribution >= 0.6 is 0 Å². The molecule has 154 valence electrons. The number of aliphatic hydroxyl groups excluding tert-OH is 1. The van der Waals surface area contributed by atoms with E-state index in [2.05, 4.69) is 15.6 Å². The maximum atomic E-state index is 12.5. The van der Waals surface area contributed by atoms with Crippen molar-refractivity contribution < 1.29 is 14.7 Å². The number of Topliss-reactive ketones (excluding diaryl/α,β-unsaturated/α-hetero) is 1. The van der Waals surface area contributed by atoms with E-state index in [1.54, 1.807) is 36.5 Å². The number of amides is 1. The number of nitrogens with zero attached hydrogens (tertiary/aromatic N) is 1. The predicted octanol–water partition coefficient (Wildman–Crippen LogP) is 2.78. The Hall–Kier alpha value is -3.35. The SMILES string of the molecule is O=C(CN[C@H](CCNC(=O)c1ccccn1)[C@@H](O)c1ccccc1)c1ccccc1. The van der Waals surface area contributed by atoms with Crippen molar-refractivity contribution in [1.82, 2.24) is 15.6 Å². The molecular weight excluding hydrogens is 378 g/mol. The van der Waals surface area contributed by atoms with Gasteiger partial charge in [0.1, 0.15) is 5.69 Å². The van der Waals surface area contributed by atoms with Crippen LogP contribution < -0.4 is 10.6 Å². The average Bonchev–Trinajstić information content (AvgIpc) is 2.82. The number of ketones is 1. The average molecular weight is 403 g/mol. The van der Waals surface area contributed by atoms with Gasteiger partial charge in [-0.2, -0.15) is 0 Å². The van der Waals surface area contributed by atoms with E-state index in [0.29, 0.717) is 24.2 Å². The Balaban J connectivity index is 1.61. The summed E-state index contributed by atoms with van der Waals surface area (Å²) in [6, 6.07) is 23.0. The van der Waals surface area contributed by atoms with Crippen LogP contribution in [0.1, 0.15) is 38.9 Å². The number of rotatable bonds is 10. The number of carbonyl (C=O) groups excluding carboxylic acids is 2. The molecule has 0 unspecified atom stereocenters. The number of hydrogen-bond acceptors (Lipinski definition) is 5. The standard InChI is InChI=1S/C24H25N3O3/c28-22(18-9-3-1-4-10-18)17-27-20(23(29)19-11-5-2-6-12-19)14-16-26-24(30)21-13-7-8-15-25-21/h1-13,15,20,23,27,29H,14,16-17H2,(H,26,30)/t20-,23+/m1/s1. The van der Waals surface area contributed by atoms with Crippen molar-refractivity contribution in [3.05, 3.63) is 102 Å². The number of pyridine rings is 1. The monoisotopic (exact) mass is 403 g/mol. The van der Waals surface area contributed by atoms with E-state index >= 15 is 0 Å². The first-order valence-electron chi connectivity index (χ1n) is 9.89. The van der Waals surface area contributed by atoms with E-state index in [-0.39, 0.29) is 18.2 Å². The van der Waals surface area contributed by atoms with Gasteiger partial charge in [-0.05, 0) is 24.1 Å². The summed E-state index contributed by atoms with van der Waals surface area (Å²) in [5.41, 5.74) is 1.70. The van der Waals surface area contributed by atoms with Crippen molar-refractivity contribution in [2.45, 2.75) is 18.6 Å². The lowest BCUT2D eigenvalue weighted by molar-refractivity contribution is 0.0907. The van der Waals surface area contributed by atoms with E-state index in [1.807, 2.05) is 48.5 Å². The molecule has 3 N–H and O–H groups in total. The lowest BCUT2D eigenvalue weighted by Crippen LogP contribution is -2.41. The van der Waals surface area contributed by atoms with E-state index in [1.165, 1.54) is 0 Å². The van der Waals surface area contributed by atoms with Crippen LogP contribution in [0.4, 0.5) is 0 Å². The van der Waals surface area contributed by atoms with Crippen LogP contribution in [0.5, 0.6) is 0 Å². The highest BCUT2D eigenvalue weighted by Crippen LogP contribution is 2.18. The van der Waals surface area contributed by atoms with Crippen LogP contribution in [0, 0.1) is 0 Å². The number of benzene rings is 2. The number of carbonyl (C=O) groups is 2. The molecule has 1 heterocycles. The van der Waals surface area contributed by atoms with E-state index < -0.39 is 12.1 Å². The minimum absolute atomic E-state index is 0.0571. The first kappa shape index (κ1) is 21.4. The van der Waals surface area contributed by atoms with Gasteiger partial charge in [-0.25, -0.2) is 0 Å². The first-order chi connectivity index (χ1) is 14.6. The van der Waals surface area contributed by atoms with E-state index in [4.69, 9.17) is 0 Å². The molecule has 0 radical (unpaired) electrons. The first-order valence-corrected chi connectivity index (χ1v) is 9.89. The number of aliphatic hydroxyl groups is 1. The summed E-state index contributed by atoms with van der Waals surface area (Å²) in [6.07, 6.45) is 1.19. The lowest BCUT2D eigenvalue weighted by atomic mass is 9.99. The molecule has 0 fully saturated rings. The largest absolute Gasteiger partial charge is 0.387 e. The van der Waals surface area contributed by atoms with Crippen LogP contribution in [0.3, 0.4) is 0 Å². The highest BCUT2D eigenvalue weighted by molar-refractivity contribution is 5.97. The van der Waals surface area contributed by atoms with Crippen molar-refractivity contribution in [3.63, 3.8) is 0 Å². The van der Waals surface area contributed by atoms with Gasteiger partial charge in [-0.1, -0.05) is 66.7 Å². The fourth-order valence-corrected chi connectivity index (χ4v) is 3.13. The zero-order valence-corrected chi connectivity index (χ0v) is 16.6. The van der Waals surface area contributed by atoms with Crippen LogP contribution in [0.15, 0.2) is 85.1 Å². The fourth-order valence-electron chi connectivity index (χ4n) is 3.13. The lowest BCUT2D eigenvalue weighted by Gasteiger charge is -2.24. The minimum Gasteiger partial charge on any atom is -0.387 e. The summed E-state index contributed by atoms with van der Waals surface area (Å²) in [5, 5.41) is 16.8. The summed E-state index contributed by atoms with van der Waals surface area (Å²) in [5.74, 6) is -0.331. The normalized spacial score (nSPS) is 12.7. The van der Waals surface area contributed by atoms with Crippen LogP contribution in [0.2, 0.25) is 0 Å². The van der Waals surface area contributed by atoms with Gasteiger partial charge in [0.25, 0.3) is 5.91 Å². The van der Waals surface area contributed by atoms with Crippen molar-refractivity contribution in [2.24, 2.45) is 0 Å². The second-order valence-corrected chi connectivity index (χ2v) is 6.89. The summed E-state index contributed by atoms with van der Waals surface area (Å²) >= 11 is 0. The molecule has 6 heteroatoms. The highest BCUT2D eigenvalue weighted by atomic mass is 16.3. The molecule has 3 rings (SSSR count). The summed E-state index contributed by atoms with van der Waals surface area (Å²) < 4.78 is 0. The molecule has 0 saturated heterocycles. The molecule has 0 spiro atoms. The van der Waals surface area contributed by atoms with Crippen molar-refractivity contribution in [1.29, 1.82) is 0 Å². The predicted molar refractivity (Wildman–Crippen MR) is 115 cm³/mol. The summed E-state index contributed by atoms with van der Waals surface area (Å²) in [7, 11) is 0. The molecule has 30 heavy (non-hydrogen) atoms. The second kappa shape index (κ2) is 11.0. The third kappa shape index (κ3) is 6.07. The van der Waals surface area contributed by atoms with E-state index in [9.17, 15) is 14.7 Å². The Morgan fingerprint density at radius 2 is 1.57 bits per heavy atom. The Kier molecular flexibility index (Phi) is 7.83. The van der Waals surface area contributed by atoms with Gasteiger partial charge in [0.05, 0.1) is 12.6 Å². The molecule has 2 atom stereocenters. The molecule has 6 nitrogen and oxygen atoms in total. The fraction of sp³-hybridized carbons (Fsp3) is 0.208. The van der Waals surface area contributed by atoms with Gasteiger partial charge in [-0.3, -0.25) is 14.6 Å². The van der Waals surface area contributed by atoms with Gasteiger partial charge in [0, 0.05) is 24.3 Å². The molecule has 0 aliphatic rings. The van der Waals surface area contributed by atoms with Crippen LogP contribution in [-0.2, 0) is 0 Å².